The quantitative estimate of drug-likeness (QED) is 0.479. The van der Waals surface area contributed by atoms with E-state index >= 15 is 0 Å². The molecule has 0 saturated heterocycles. The molecule has 0 amide bonds. The molecule has 0 saturated carbocycles. The molecule has 0 bridgehead atoms. The van der Waals surface area contributed by atoms with Crippen LogP contribution in [0.1, 0.15) is 0 Å². The molecule has 0 fully saturated rings. The van der Waals surface area contributed by atoms with E-state index in [2.05, 4.69) is 4.31 Å². The van der Waals surface area contributed by atoms with Crippen LogP contribution in [0.5, 0.6) is 0 Å². The zero-order valence-electron chi connectivity index (χ0n) is 5.52. The molecule has 13 heteroatoms. The van der Waals surface area contributed by atoms with Crippen LogP contribution in [0.4, 0.5) is 0 Å². The molecule has 0 aliphatic rings. The average molecular weight is 252 g/mol. The van der Waals surface area contributed by atoms with Crippen molar-refractivity contribution in [3.8, 4) is 0 Å². The van der Waals surface area contributed by atoms with Crippen molar-refractivity contribution in [3.63, 3.8) is 0 Å². The third-order valence-electron chi connectivity index (χ3n) is 0.452. The molecule has 80 valence electrons. The van der Waals surface area contributed by atoms with E-state index in [0.29, 0.717) is 4.86 Å². The zero-order valence-corrected chi connectivity index (χ0v) is 8.20. The van der Waals surface area contributed by atoms with Crippen molar-refractivity contribution in [1.29, 1.82) is 0 Å². The molecule has 13 heavy (non-hydrogen) atoms. The van der Waals surface area contributed by atoms with E-state index in [1.807, 2.05) is 0 Å². The maximum Gasteiger partial charge on any atom is 0.212 e. The largest absolute Gasteiger partial charge is 0.799 e. The van der Waals surface area contributed by atoms with Crippen LogP contribution in [0.2, 0.25) is 0 Å². The van der Waals surface area contributed by atoms with Crippen LogP contribution in [-0.4, -0.2) is 0 Å². The van der Waals surface area contributed by atoms with Gasteiger partial charge in [0, 0.05) is 7.75 Å². The second kappa shape index (κ2) is 3.88. The van der Waals surface area contributed by atoms with Gasteiger partial charge in [-0.2, -0.15) is 0 Å². The first-order valence-electron chi connectivity index (χ1n) is 2.27. The summed E-state index contributed by atoms with van der Waals surface area (Å²) in [6.07, 6.45) is 0. The van der Waals surface area contributed by atoms with Gasteiger partial charge in [-0.1, -0.05) is 0 Å². The fourth-order valence-electron chi connectivity index (χ4n) is 0.300. The van der Waals surface area contributed by atoms with E-state index in [1.54, 1.807) is 0 Å². The van der Waals surface area contributed by atoms with Crippen LogP contribution >= 0.6 is 23.3 Å². The summed E-state index contributed by atoms with van der Waals surface area (Å²) in [5.74, 6) is 0. The van der Waals surface area contributed by atoms with E-state index in [-0.39, 0.29) is 0 Å². The highest BCUT2D eigenvalue weighted by molar-refractivity contribution is 7.68. The lowest BCUT2D eigenvalue weighted by Gasteiger charge is -2.41. The Morgan fingerprint density at radius 2 is 1.31 bits per heavy atom. The molecule has 0 radical (unpaired) electrons. The van der Waals surface area contributed by atoms with Crippen molar-refractivity contribution < 1.29 is 42.5 Å². The summed E-state index contributed by atoms with van der Waals surface area (Å²) in [7, 11) is -17.3. The summed E-state index contributed by atoms with van der Waals surface area (Å²) in [5, 5.41) is 0. The van der Waals surface area contributed by atoms with Gasteiger partial charge in [0.2, 0.25) is 7.75 Å². The van der Waals surface area contributed by atoms with E-state index < -0.39 is 23.3 Å². The molecule has 1 atom stereocenters. The molecule has 0 rings (SSSR count). The highest BCUT2D eigenvalue weighted by atomic mass is 31.3. The van der Waals surface area contributed by atoms with Crippen molar-refractivity contribution in [1.82, 2.24) is 4.86 Å². The number of nitrogens with one attached hydrogen (secondary N) is 1. The second-order valence-corrected chi connectivity index (χ2v) is 5.96. The Bertz CT molecular complexity index is 277. The van der Waals surface area contributed by atoms with Crippen LogP contribution in [0.3, 0.4) is 0 Å². The summed E-state index contributed by atoms with van der Waals surface area (Å²) in [5.41, 5.74) is 0. The summed E-state index contributed by atoms with van der Waals surface area (Å²) >= 11 is 0. The minimum Gasteiger partial charge on any atom is -0.799 e. The maximum atomic E-state index is 10.2. The highest BCUT2D eigenvalue weighted by Crippen LogP contribution is 2.50. The van der Waals surface area contributed by atoms with Gasteiger partial charge in [0.25, 0.3) is 0 Å². The van der Waals surface area contributed by atoms with Gasteiger partial charge in [-0.05, 0) is 0 Å². The first-order chi connectivity index (χ1) is 5.41. The fraction of sp³-hybridized carbons (Fsp3) is 0. The predicted octanol–water partition coefficient (Wildman–Crippen LogP) is -4.28. The highest BCUT2D eigenvalue weighted by Gasteiger charge is 2.11. The van der Waals surface area contributed by atoms with Crippen molar-refractivity contribution >= 4 is 23.3 Å². The Balaban J connectivity index is 4.54. The van der Waals surface area contributed by atoms with Crippen LogP contribution in [0, 0.1) is 0 Å². The maximum absolute atomic E-state index is 10.2. The standard InChI is InChI=1S/H6NO9P3/c2-11(3,4)1-12(5,6)10-13(7,8)9/h(H2,7,8,9)(H4,1,2,3,4,5,6)/p-5. The molecule has 1 unspecified atom stereocenters. The Hall–Kier alpha value is 0.410. The lowest BCUT2D eigenvalue weighted by molar-refractivity contribution is -0.338. The number of phosphoric acid groups is 1. The van der Waals surface area contributed by atoms with Crippen molar-refractivity contribution in [2.45, 2.75) is 0 Å². The minimum absolute atomic E-state index is 0.302. The van der Waals surface area contributed by atoms with Gasteiger partial charge < -0.3 is 33.6 Å². The molecule has 0 aromatic carbocycles. The Labute approximate surface area is 71.6 Å². The molecular formula is HNO9P3-5. The number of hydrogen-bond acceptors (Lipinski definition) is 9. The molecular weight excluding hydrogens is 251 g/mol. The molecule has 0 heterocycles. The Morgan fingerprint density at radius 3 is 1.54 bits per heavy atom. The molecule has 1 N–H and O–H groups in total. The lowest BCUT2D eigenvalue weighted by Crippen LogP contribution is -2.31. The summed E-state index contributed by atoms with van der Waals surface area (Å²) < 4.78 is 32.4. The second-order valence-electron chi connectivity index (χ2n) is 1.62. The zero-order chi connectivity index (χ0) is 10.9. The molecule has 0 aliphatic carbocycles. The third kappa shape index (κ3) is 8.73. The first-order valence-corrected chi connectivity index (χ1v) is 6.82. The third-order valence-corrected chi connectivity index (χ3v) is 4.07. The van der Waals surface area contributed by atoms with Crippen LogP contribution in [0.25, 0.3) is 0 Å². The molecule has 0 aliphatic heterocycles. The van der Waals surface area contributed by atoms with Gasteiger partial charge in [-0.25, -0.2) is 4.86 Å². The van der Waals surface area contributed by atoms with E-state index in [4.69, 9.17) is 0 Å². The monoisotopic (exact) mass is 252 g/mol. The van der Waals surface area contributed by atoms with Gasteiger partial charge in [0.15, 0.2) is 0 Å². The molecule has 0 aromatic rings. The van der Waals surface area contributed by atoms with Crippen molar-refractivity contribution in [2.24, 2.45) is 0 Å². The predicted molar refractivity (Wildman–Crippen MR) is 27.0 cm³/mol. The first kappa shape index (κ1) is 13.4. The van der Waals surface area contributed by atoms with Gasteiger partial charge >= 0.3 is 0 Å². The Kier molecular flexibility index (Phi) is 4.00. The van der Waals surface area contributed by atoms with E-state index in [0.717, 1.165) is 0 Å². The van der Waals surface area contributed by atoms with Crippen LogP contribution < -0.4 is 29.3 Å². The SMILES string of the molecule is O=P([O-])([O-])NP(=O)([O-])OP(=O)([O-])[O-]. The van der Waals surface area contributed by atoms with E-state index in [1.165, 1.54) is 0 Å². The minimum atomic E-state index is -5.91. The molecule has 10 nitrogen and oxygen atoms in total. The Morgan fingerprint density at radius 1 is 0.923 bits per heavy atom. The summed E-state index contributed by atoms with van der Waals surface area (Å²) in [4.78, 5) is 49.4. The number of hydrogen-bond donors (Lipinski definition) is 1. The molecule has 0 spiro atoms. The normalized spacial score (nSPS) is 18.2. The lowest BCUT2D eigenvalue weighted by atomic mass is 13.9. The van der Waals surface area contributed by atoms with Crippen LogP contribution in [0.15, 0.2) is 0 Å². The average Bonchev–Trinajstić information content (AvgIpc) is 1.43. The smallest absolute Gasteiger partial charge is 0.212 e. The fourth-order valence-corrected chi connectivity index (χ4v) is 3.03. The number of rotatable bonds is 4. The van der Waals surface area contributed by atoms with E-state index in [9.17, 15) is 38.2 Å². The summed E-state index contributed by atoms with van der Waals surface area (Å²) in [6, 6.07) is 0. The van der Waals surface area contributed by atoms with Crippen LogP contribution in [-0.2, 0) is 18.0 Å². The van der Waals surface area contributed by atoms with Crippen molar-refractivity contribution in [2.75, 3.05) is 0 Å². The van der Waals surface area contributed by atoms with Crippen molar-refractivity contribution in [3.05, 3.63) is 0 Å². The topological polar surface area (TPSA) is 188 Å². The van der Waals surface area contributed by atoms with Gasteiger partial charge in [0.05, 0.1) is 7.82 Å². The van der Waals surface area contributed by atoms with Gasteiger partial charge in [0.1, 0.15) is 0 Å². The van der Waals surface area contributed by atoms with Gasteiger partial charge in [-0.3, -0.25) is 8.88 Å². The van der Waals surface area contributed by atoms with Gasteiger partial charge in [-0.15, -0.1) is 0 Å². The summed E-state index contributed by atoms with van der Waals surface area (Å²) in [6.45, 7) is 0. The molecule has 0 aromatic heterocycles.